The Morgan fingerprint density at radius 2 is 1.89 bits per heavy atom. The van der Waals surface area contributed by atoms with Crippen LogP contribution >= 0.6 is 15.9 Å². The van der Waals surface area contributed by atoms with Gasteiger partial charge in [-0.1, -0.05) is 13.8 Å². The smallest absolute Gasteiger partial charge is 0.0819 e. The van der Waals surface area contributed by atoms with Gasteiger partial charge in [0.25, 0.3) is 0 Å². The molecule has 0 radical (unpaired) electrons. The monoisotopic (exact) mass is 326 g/mol. The topological polar surface area (TPSA) is 58.3 Å². The number of halogens is 1. The predicted octanol–water partition coefficient (Wildman–Crippen LogP) is 3.77. The highest BCUT2D eigenvalue weighted by Crippen LogP contribution is 2.40. The van der Waals surface area contributed by atoms with Gasteiger partial charge in [-0.15, -0.1) is 0 Å². The lowest BCUT2D eigenvalue weighted by atomic mass is 9.71. The zero-order valence-corrected chi connectivity index (χ0v) is 13.3. The van der Waals surface area contributed by atoms with Crippen molar-refractivity contribution in [3.8, 4) is 0 Å². The van der Waals surface area contributed by atoms with E-state index in [1.54, 1.807) is 0 Å². The van der Waals surface area contributed by atoms with E-state index in [9.17, 15) is 5.11 Å². The van der Waals surface area contributed by atoms with Gasteiger partial charge in [0.1, 0.15) is 0 Å². The molecule has 0 bridgehead atoms. The fourth-order valence-corrected chi connectivity index (χ4v) is 3.04. The summed E-state index contributed by atoms with van der Waals surface area (Å²) >= 11 is 3.48. The molecule has 0 heterocycles. The summed E-state index contributed by atoms with van der Waals surface area (Å²) in [7, 11) is 0. The first-order valence-corrected chi connectivity index (χ1v) is 7.60. The van der Waals surface area contributed by atoms with Crippen LogP contribution in [-0.2, 0) is 0 Å². The van der Waals surface area contributed by atoms with E-state index in [-0.39, 0.29) is 0 Å². The summed E-state index contributed by atoms with van der Waals surface area (Å²) < 4.78 is 0.937. The minimum Gasteiger partial charge on any atom is -0.399 e. The maximum absolute atomic E-state index is 10.6. The molecule has 1 aliphatic carbocycles. The van der Waals surface area contributed by atoms with Crippen molar-refractivity contribution in [3.05, 3.63) is 22.7 Å². The number of nitrogens with one attached hydrogen (secondary N) is 1. The van der Waals surface area contributed by atoms with Crippen LogP contribution in [0.2, 0.25) is 0 Å². The first-order chi connectivity index (χ1) is 8.80. The lowest BCUT2D eigenvalue weighted by molar-refractivity contribution is -0.0145. The van der Waals surface area contributed by atoms with Crippen molar-refractivity contribution in [2.75, 3.05) is 17.6 Å². The molecule has 1 aliphatic rings. The van der Waals surface area contributed by atoms with E-state index in [0.717, 1.165) is 41.5 Å². The molecule has 19 heavy (non-hydrogen) atoms. The summed E-state index contributed by atoms with van der Waals surface area (Å²) in [6, 6.07) is 5.67. The molecule has 1 saturated carbocycles. The summed E-state index contributed by atoms with van der Waals surface area (Å²) in [5.41, 5.74) is 7.21. The molecule has 0 aliphatic heterocycles. The molecule has 0 unspecified atom stereocenters. The minimum absolute atomic E-state index is 0.369. The SMILES string of the molecule is CC1(C)CCC(O)(CNc2ccc(N)cc2Br)CC1. The first-order valence-electron chi connectivity index (χ1n) is 6.81. The van der Waals surface area contributed by atoms with Crippen LogP contribution in [0, 0.1) is 5.41 Å². The Morgan fingerprint density at radius 1 is 1.26 bits per heavy atom. The molecule has 0 saturated heterocycles. The molecule has 3 nitrogen and oxygen atoms in total. The molecular formula is C15H23BrN2O. The third kappa shape index (κ3) is 3.86. The van der Waals surface area contributed by atoms with Gasteiger partial charge in [0.2, 0.25) is 0 Å². The Kier molecular flexibility index (Phi) is 4.11. The number of rotatable bonds is 3. The van der Waals surface area contributed by atoms with E-state index in [1.807, 2.05) is 18.2 Å². The Balaban J connectivity index is 1.95. The standard InChI is InChI=1S/C15H23BrN2O/c1-14(2)5-7-15(19,8-6-14)10-18-13-4-3-11(17)9-12(13)16/h3-4,9,18-19H,5-8,10,17H2,1-2H3. The Hall–Kier alpha value is -0.740. The Morgan fingerprint density at radius 3 is 2.47 bits per heavy atom. The highest BCUT2D eigenvalue weighted by Gasteiger charge is 2.36. The van der Waals surface area contributed by atoms with Crippen LogP contribution in [0.5, 0.6) is 0 Å². The lowest BCUT2D eigenvalue weighted by Crippen LogP contribution is -2.42. The van der Waals surface area contributed by atoms with Crippen molar-refractivity contribution in [2.45, 2.75) is 45.1 Å². The second kappa shape index (κ2) is 5.33. The van der Waals surface area contributed by atoms with Crippen molar-refractivity contribution in [1.82, 2.24) is 0 Å². The predicted molar refractivity (Wildman–Crippen MR) is 84.2 cm³/mol. The van der Waals surface area contributed by atoms with Gasteiger partial charge in [-0.05, 0) is 65.2 Å². The summed E-state index contributed by atoms with van der Waals surface area (Å²) in [5, 5.41) is 13.9. The van der Waals surface area contributed by atoms with Gasteiger partial charge < -0.3 is 16.2 Å². The molecule has 4 N–H and O–H groups in total. The third-order valence-electron chi connectivity index (χ3n) is 4.14. The van der Waals surface area contributed by atoms with Crippen molar-refractivity contribution in [3.63, 3.8) is 0 Å². The lowest BCUT2D eigenvalue weighted by Gasteiger charge is -2.40. The van der Waals surface area contributed by atoms with Gasteiger partial charge in [0.15, 0.2) is 0 Å². The maximum Gasteiger partial charge on any atom is 0.0819 e. The summed E-state index contributed by atoms with van der Waals surface area (Å²) in [5.74, 6) is 0. The van der Waals surface area contributed by atoms with Gasteiger partial charge in [-0.2, -0.15) is 0 Å². The number of hydrogen-bond acceptors (Lipinski definition) is 3. The molecule has 0 spiro atoms. The maximum atomic E-state index is 10.6. The molecule has 0 aromatic heterocycles. The van der Waals surface area contributed by atoms with Crippen molar-refractivity contribution in [2.24, 2.45) is 5.41 Å². The molecular weight excluding hydrogens is 304 g/mol. The second-order valence-electron chi connectivity index (χ2n) is 6.48. The first kappa shape index (κ1) is 14.7. The van der Waals surface area contributed by atoms with E-state index in [4.69, 9.17) is 5.73 Å². The van der Waals surface area contributed by atoms with Crippen LogP contribution in [-0.4, -0.2) is 17.3 Å². The summed E-state index contributed by atoms with van der Waals surface area (Å²) in [6.45, 7) is 5.14. The van der Waals surface area contributed by atoms with E-state index < -0.39 is 5.60 Å². The molecule has 0 atom stereocenters. The normalized spacial score (nSPS) is 21.1. The van der Waals surface area contributed by atoms with Gasteiger partial charge in [0, 0.05) is 22.4 Å². The van der Waals surface area contributed by atoms with Crippen molar-refractivity contribution >= 4 is 27.3 Å². The number of anilines is 2. The van der Waals surface area contributed by atoms with Gasteiger partial charge in [0.05, 0.1) is 5.60 Å². The van der Waals surface area contributed by atoms with E-state index >= 15 is 0 Å². The van der Waals surface area contributed by atoms with E-state index in [2.05, 4.69) is 35.1 Å². The Bertz CT molecular complexity index is 449. The zero-order chi connectivity index (χ0) is 14.1. The second-order valence-corrected chi connectivity index (χ2v) is 7.34. The summed E-state index contributed by atoms with van der Waals surface area (Å²) in [4.78, 5) is 0. The molecule has 4 heteroatoms. The van der Waals surface area contributed by atoms with Gasteiger partial charge in [-0.25, -0.2) is 0 Å². The third-order valence-corrected chi connectivity index (χ3v) is 4.79. The van der Waals surface area contributed by atoms with Crippen LogP contribution in [0.25, 0.3) is 0 Å². The van der Waals surface area contributed by atoms with Crippen LogP contribution in [0.4, 0.5) is 11.4 Å². The number of hydrogen-bond donors (Lipinski definition) is 3. The zero-order valence-electron chi connectivity index (χ0n) is 11.7. The minimum atomic E-state index is -0.587. The molecule has 106 valence electrons. The average molecular weight is 327 g/mol. The van der Waals surface area contributed by atoms with Crippen LogP contribution in [0.3, 0.4) is 0 Å². The molecule has 1 fully saturated rings. The van der Waals surface area contributed by atoms with Crippen LogP contribution in [0.1, 0.15) is 39.5 Å². The quantitative estimate of drug-likeness (QED) is 0.741. The number of nitrogens with two attached hydrogens (primary N) is 1. The largest absolute Gasteiger partial charge is 0.399 e. The van der Waals surface area contributed by atoms with Crippen LogP contribution in [0.15, 0.2) is 22.7 Å². The van der Waals surface area contributed by atoms with Gasteiger partial charge >= 0.3 is 0 Å². The number of aliphatic hydroxyl groups is 1. The fourth-order valence-electron chi connectivity index (χ4n) is 2.50. The Labute approximate surface area is 123 Å². The molecule has 1 aromatic rings. The van der Waals surface area contributed by atoms with Crippen molar-refractivity contribution in [1.29, 1.82) is 0 Å². The van der Waals surface area contributed by atoms with Crippen LogP contribution < -0.4 is 11.1 Å². The highest BCUT2D eigenvalue weighted by atomic mass is 79.9. The molecule has 1 aromatic carbocycles. The van der Waals surface area contributed by atoms with E-state index in [0.29, 0.717) is 12.0 Å². The molecule has 2 rings (SSSR count). The summed E-state index contributed by atoms with van der Waals surface area (Å²) in [6.07, 6.45) is 3.88. The van der Waals surface area contributed by atoms with E-state index in [1.165, 1.54) is 0 Å². The van der Waals surface area contributed by atoms with Gasteiger partial charge in [-0.3, -0.25) is 0 Å². The number of nitrogen functional groups attached to an aromatic ring is 1. The van der Waals surface area contributed by atoms with Crippen molar-refractivity contribution < 1.29 is 5.11 Å². The number of benzene rings is 1. The molecule has 0 amide bonds. The fraction of sp³-hybridized carbons (Fsp3) is 0.600. The highest BCUT2D eigenvalue weighted by molar-refractivity contribution is 9.10. The average Bonchev–Trinajstić information content (AvgIpc) is 2.33.